The quantitative estimate of drug-likeness (QED) is 0.902. The minimum absolute atomic E-state index is 0.0181. The number of benzene rings is 1. The van der Waals surface area contributed by atoms with E-state index in [-0.39, 0.29) is 17.9 Å². The fourth-order valence-electron chi connectivity index (χ4n) is 2.40. The SMILES string of the molecule is CCNC(=O)C1CCN(C(=O)Nc2ccc(Cl)cc2)CC1. The number of piperidine rings is 1. The van der Waals surface area contributed by atoms with E-state index >= 15 is 0 Å². The number of amides is 3. The molecule has 0 unspecified atom stereocenters. The molecule has 0 atom stereocenters. The summed E-state index contributed by atoms with van der Waals surface area (Å²) in [6, 6.07) is 6.87. The molecular weight excluding hydrogens is 290 g/mol. The molecule has 1 aliphatic rings. The Morgan fingerprint density at radius 1 is 1.24 bits per heavy atom. The van der Waals surface area contributed by atoms with Crippen LogP contribution in [0.15, 0.2) is 24.3 Å². The van der Waals surface area contributed by atoms with E-state index in [0.717, 1.165) is 5.69 Å². The number of likely N-dealkylation sites (tertiary alicyclic amines) is 1. The number of nitrogens with one attached hydrogen (secondary N) is 2. The zero-order chi connectivity index (χ0) is 15.2. The second-order valence-corrected chi connectivity index (χ2v) is 5.53. The molecule has 0 radical (unpaired) electrons. The van der Waals surface area contributed by atoms with Crippen molar-refractivity contribution >= 4 is 29.2 Å². The Bertz CT molecular complexity index is 496. The standard InChI is InChI=1S/C15H20ClN3O2/c1-2-17-14(20)11-7-9-19(10-8-11)15(21)18-13-5-3-12(16)4-6-13/h3-6,11H,2,7-10H2,1H3,(H,17,20)(H,18,21). The lowest BCUT2D eigenvalue weighted by molar-refractivity contribution is -0.126. The second kappa shape index (κ2) is 7.31. The number of halogens is 1. The third kappa shape index (κ3) is 4.36. The lowest BCUT2D eigenvalue weighted by atomic mass is 9.96. The van der Waals surface area contributed by atoms with Crippen molar-refractivity contribution in [3.05, 3.63) is 29.3 Å². The average molecular weight is 310 g/mol. The average Bonchev–Trinajstić information content (AvgIpc) is 2.50. The Balaban J connectivity index is 1.83. The first kappa shape index (κ1) is 15.6. The molecule has 0 aromatic heterocycles. The second-order valence-electron chi connectivity index (χ2n) is 5.09. The molecule has 0 bridgehead atoms. The van der Waals surface area contributed by atoms with Gasteiger partial charge in [0, 0.05) is 36.3 Å². The highest BCUT2D eigenvalue weighted by Crippen LogP contribution is 2.19. The van der Waals surface area contributed by atoms with Crippen LogP contribution in [-0.4, -0.2) is 36.5 Å². The maximum absolute atomic E-state index is 12.1. The molecule has 3 amide bonds. The third-order valence-electron chi connectivity index (χ3n) is 3.60. The molecule has 0 saturated carbocycles. The summed E-state index contributed by atoms with van der Waals surface area (Å²) in [5.41, 5.74) is 0.718. The number of carbonyl (C=O) groups is 2. The fraction of sp³-hybridized carbons (Fsp3) is 0.467. The number of rotatable bonds is 3. The van der Waals surface area contributed by atoms with Crippen LogP contribution < -0.4 is 10.6 Å². The van der Waals surface area contributed by atoms with Crippen LogP contribution in [0.3, 0.4) is 0 Å². The summed E-state index contributed by atoms with van der Waals surface area (Å²) < 4.78 is 0. The largest absolute Gasteiger partial charge is 0.356 e. The molecule has 2 N–H and O–H groups in total. The molecule has 6 heteroatoms. The predicted molar refractivity (Wildman–Crippen MR) is 83.5 cm³/mol. The summed E-state index contributed by atoms with van der Waals surface area (Å²) in [7, 11) is 0. The Labute approximate surface area is 129 Å². The van der Waals surface area contributed by atoms with Gasteiger partial charge >= 0.3 is 6.03 Å². The monoisotopic (exact) mass is 309 g/mol. The van der Waals surface area contributed by atoms with Crippen molar-refractivity contribution in [1.29, 1.82) is 0 Å². The van der Waals surface area contributed by atoms with Gasteiger partial charge in [-0.15, -0.1) is 0 Å². The minimum atomic E-state index is -0.133. The number of urea groups is 1. The fourth-order valence-corrected chi connectivity index (χ4v) is 2.53. The van der Waals surface area contributed by atoms with E-state index in [1.54, 1.807) is 29.2 Å². The zero-order valence-corrected chi connectivity index (χ0v) is 12.8. The maximum atomic E-state index is 12.1. The van der Waals surface area contributed by atoms with Crippen LogP contribution in [0.1, 0.15) is 19.8 Å². The summed E-state index contributed by atoms with van der Waals surface area (Å²) in [6.07, 6.45) is 1.42. The van der Waals surface area contributed by atoms with E-state index in [0.29, 0.717) is 37.5 Å². The number of hydrogen-bond donors (Lipinski definition) is 2. The lowest BCUT2D eigenvalue weighted by Gasteiger charge is -2.31. The molecule has 1 aromatic carbocycles. The topological polar surface area (TPSA) is 61.4 Å². The van der Waals surface area contributed by atoms with Crippen LogP contribution in [0, 0.1) is 5.92 Å². The summed E-state index contributed by atoms with van der Waals surface area (Å²) in [5, 5.41) is 6.30. The van der Waals surface area contributed by atoms with Gasteiger partial charge in [0.2, 0.25) is 5.91 Å². The van der Waals surface area contributed by atoms with Gasteiger partial charge in [-0.05, 0) is 44.0 Å². The molecule has 21 heavy (non-hydrogen) atoms. The highest BCUT2D eigenvalue weighted by molar-refractivity contribution is 6.30. The molecule has 1 aromatic rings. The van der Waals surface area contributed by atoms with Crippen LogP contribution >= 0.6 is 11.6 Å². The van der Waals surface area contributed by atoms with Gasteiger partial charge in [0.25, 0.3) is 0 Å². The third-order valence-corrected chi connectivity index (χ3v) is 3.85. The number of anilines is 1. The molecular formula is C15H20ClN3O2. The Hall–Kier alpha value is -1.75. The van der Waals surface area contributed by atoms with Gasteiger partial charge in [0.05, 0.1) is 0 Å². The van der Waals surface area contributed by atoms with Crippen LogP contribution in [0.25, 0.3) is 0 Å². The van der Waals surface area contributed by atoms with Crippen molar-refractivity contribution < 1.29 is 9.59 Å². The van der Waals surface area contributed by atoms with Crippen molar-refractivity contribution in [3.63, 3.8) is 0 Å². The van der Waals surface area contributed by atoms with Crippen molar-refractivity contribution in [2.75, 3.05) is 25.0 Å². The van der Waals surface area contributed by atoms with Gasteiger partial charge in [-0.1, -0.05) is 11.6 Å². The zero-order valence-electron chi connectivity index (χ0n) is 12.1. The van der Waals surface area contributed by atoms with Gasteiger partial charge in [0.1, 0.15) is 0 Å². The van der Waals surface area contributed by atoms with Crippen LogP contribution in [-0.2, 0) is 4.79 Å². The molecule has 1 saturated heterocycles. The van der Waals surface area contributed by atoms with E-state index < -0.39 is 0 Å². The molecule has 1 heterocycles. The van der Waals surface area contributed by atoms with Gasteiger partial charge in [0.15, 0.2) is 0 Å². The first-order valence-corrected chi connectivity index (χ1v) is 7.57. The number of nitrogens with zero attached hydrogens (tertiary/aromatic N) is 1. The normalized spacial score (nSPS) is 15.6. The Morgan fingerprint density at radius 2 is 1.86 bits per heavy atom. The molecule has 0 spiro atoms. The van der Waals surface area contributed by atoms with E-state index in [1.807, 2.05) is 6.92 Å². The molecule has 2 rings (SSSR count). The van der Waals surface area contributed by atoms with Crippen LogP contribution in [0.5, 0.6) is 0 Å². The minimum Gasteiger partial charge on any atom is -0.356 e. The van der Waals surface area contributed by atoms with Gasteiger partial charge < -0.3 is 15.5 Å². The molecule has 0 aliphatic carbocycles. The van der Waals surface area contributed by atoms with Gasteiger partial charge in [-0.2, -0.15) is 0 Å². The number of carbonyl (C=O) groups excluding carboxylic acids is 2. The van der Waals surface area contributed by atoms with E-state index in [1.165, 1.54) is 0 Å². The van der Waals surface area contributed by atoms with Crippen molar-refractivity contribution in [3.8, 4) is 0 Å². The number of hydrogen-bond acceptors (Lipinski definition) is 2. The summed E-state index contributed by atoms with van der Waals surface area (Å²) in [6.45, 7) is 3.76. The molecule has 1 fully saturated rings. The summed E-state index contributed by atoms with van der Waals surface area (Å²) >= 11 is 5.81. The lowest BCUT2D eigenvalue weighted by Crippen LogP contribution is -2.44. The predicted octanol–water partition coefficient (Wildman–Crippen LogP) is 2.72. The van der Waals surface area contributed by atoms with Crippen molar-refractivity contribution in [1.82, 2.24) is 10.2 Å². The van der Waals surface area contributed by atoms with Gasteiger partial charge in [-0.3, -0.25) is 4.79 Å². The highest BCUT2D eigenvalue weighted by atomic mass is 35.5. The molecule has 114 valence electrons. The van der Waals surface area contributed by atoms with E-state index in [9.17, 15) is 9.59 Å². The first-order chi connectivity index (χ1) is 10.1. The van der Waals surface area contributed by atoms with Crippen molar-refractivity contribution in [2.45, 2.75) is 19.8 Å². The van der Waals surface area contributed by atoms with Crippen LogP contribution in [0.2, 0.25) is 5.02 Å². The molecule has 5 nitrogen and oxygen atoms in total. The van der Waals surface area contributed by atoms with Crippen LogP contribution in [0.4, 0.5) is 10.5 Å². The van der Waals surface area contributed by atoms with E-state index in [4.69, 9.17) is 11.6 Å². The maximum Gasteiger partial charge on any atom is 0.321 e. The Kier molecular flexibility index (Phi) is 5.44. The molecule has 1 aliphatic heterocycles. The Morgan fingerprint density at radius 3 is 2.43 bits per heavy atom. The summed E-state index contributed by atoms with van der Waals surface area (Å²) in [5.74, 6) is 0.111. The first-order valence-electron chi connectivity index (χ1n) is 7.19. The van der Waals surface area contributed by atoms with E-state index in [2.05, 4.69) is 10.6 Å². The smallest absolute Gasteiger partial charge is 0.321 e. The van der Waals surface area contributed by atoms with Gasteiger partial charge in [-0.25, -0.2) is 4.79 Å². The highest BCUT2D eigenvalue weighted by Gasteiger charge is 2.26. The summed E-state index contributed by atoms with van der Waals surface area (Å²) in [4.78, 5) is 25.6. The van der Waals surface area contributed by atoms with Crippen molar-refractivity contribution in [2.24, 2.45) is 5.92 Å².